The van der Waals surface area contributed by atoms with Gasteiger partial charge in [0.15, 0.2) is 6.61 Å². The number of carbonyl (C=O) groups excluding carboxylic acids is 2. The fraction of sp³-hybridized carbons (Fsp3) is 0.222. The lowest BCUT2D eigenvalue weighted by molar-refractivity contribution is -0.118. The van der Waals surface area contributed by atoms with Crippen molar-refractivity contribution in [1.29, 1.82) is 0 Å². The highest BCUT2D eigenvalue weighted by molar-refractivity contribution is 5.95. The molecular weight excluding hydrogens is 310 g/mol. The molecule has 0 spiro atoms. The number of ether oxygens (including phenoxy) is 3. The van der Waals surface area contributed by atoms with E-state index in [2.05, 4.69) is 10.1 Å². The van der Waals surface area contributed by atoms with Gasteiger partial charge in [0, 0.05) is 11.8 Å². The van der Waals surface area contributed by atoms with E-state index < -0.39 is 5.97 Å². The van der Waals surface area contributed by atoms with E-state index in [1.165, 1.54) is 7.11 Å². The number of hydrogen-bond acceptors (Lipinski definition) is 5. The van der Waals surface area contributed by atoms with Crippen LogP contribution in [0.15, 0.2) is 48.5 Å². The van der Waals surface area contributed by atoms with Gasteiger partial charge in [0.1, 0.15) is 11.5 Å². The van der Waals surface area contributed by atoms with Crippen LogP contribution in [-0.4, -0.2) is 32.2 Å². The van der Waals surface area contributed by atoms with Crippen LogP contribution in [0, 0.1) is 0 Å². The van der Waals surface area contributed by atoms with Gasteiger partial charge in [-0.05, 0) is 37.3 Å². The highest BCUT2D eigenvalue weighted by atomic mass is 16.5. The van der Waals surface area contributed by atoms with Crippen molar-refractivity contribution in [2.24, 2.45) is 0 Å². The Hall–Kier alpha value is -3.02. The normalized spacial score (nSPS) is 9.92. The first-order chi connectivity index (χ1) is 11.6. The minimum Gasteiger partial charge on any atom is -0.494 e. The SMILES string of the molecule is CCOc1cccc(OCC(=O)Nc2cccc(C(=O)OC)c2)c1. The zero-order chi connectivity index (χ0) is 17.4. The molecule has 1 N–H and O–H groups in total. The van der Waals surface area contributed by atoms with E-state index >= 15 is 0 Å². The Morgan fingerprint density at radius 1 is 1.00 bits per heavy atom. The highest BCUT2D eigenvalue weighted by Crippen LogP contribution is 2.19. The van der Waals surface area contributed by atoms with E-state index in [-0.39, 0.29) is 12.5 Å². The van der Waals surface area contributed by atoms with Crippen molar-refractivity contribution < 1.29 is 23.8 Å². The van der Waals surface area contributed by atoms with Crippen LogP contribution in [0.25, 0.3) is 0 Å². The number of anilines is 1. The number of carbonyl (C=O) groups is 2. The summed E-state index contributed by atoms with van der Waals surface area (Å²) in [5.74, 6) is 0.425. The summed E-state index contributed by atoms with van der Waals surface area (Å²) in [6, 6.07) is 13.6. The predicted molar refractivity (Wildman–Crippen MR) is 89.5 cm³/mol. The highest BCUT2D eigenvalue weighted by Gasteiger charge is 2.08. The standard InChI is InChI=1S/C18H19NO5/c1-3-23-15-8-5-9-16(11-15)24-12-17(20)19-14-7-4-6-13(10-14)18(21)22-2/h4-11H,3,12H2,1-2H3,(H,19,20). The Bertz CT molecular complexity index is 714. The van der Waals surface area contributed by atoms with Crippen molar-refractivity contribution >= 4 is 17.6 Å². The van der Waals surface area contributed by atoms with Gasteiger partial charge in [-0.2, -0.15) is 0 Å². The first-order valence-corrected chi connectivity index (χ1v) is 7.46. The zero-order valence-electron chi connectivity index (χ0n) is 13.6. The van der Waals surface area contributed by atoms with Gasteiger partial charge in [0.2, 0.25) is 0 Å². The minimum atomic E-state index is -0.463. The molecule has 0 saturated carbocycles. The molecule has 0 saturated heterocycles. The Balaban J connectivity index is 1.91. The summed E-state index contributed by atoms with van der Waals surface area (Å²) in [5, 5.41) is 2.67. The summed E-state index contributed by atoms with van der Waals surface area (Å²) in [4.78, 5) is 23.4. The number of rotatable bonds is 7. The molecule has 1 amide bonds. The van der Waals surface area contributed by atoms with Crippen LogP contribution in [0.1, 0.15) is 17.3 Å². The van der Waals surface area contributed by atoms with E-state index in [1.807, 2.05) is 13.0 Å². The number of hydrogen-bond donors (Lipinski definition) is 1. The molecule has 2 aromatic carbocycles. The lowest BCUT2D eigenvalue weighted by Gasteiger charge is -2.09. The molecular formula is C18H19NO5. The fourth-order valence-electron chi connectivity index (χ4n) is 2.01. The molecule has 0 bridgehead atoms. The second-order valence-electron chi connectivity index (χ2n) is 4.82. The maximum absolute atomic E-state index is 12.0. The summed E-state index contributed by atoms with van der Waals surface area (Å²) in [7, 11) is 1.30. The third-order valence-electron chi connectivity index (χ3n) is 3.05. The Labute approximate surface area is 140 Å². The predicted octanol–water partition coefficient (Wildman–Crippen LogP) is 2.89. The van der Waals surface area contributed by atoms with Gasteiger partial charge in [0.05, 0.1) is 19.3 Å². The molecule has 0 unspecified atom stereocenters. The third-order valence-corrected chi connectivity index (χ3v) is 3.05. The molecule has 0 heterocycles. The van der Waals surface area contributed by atoms with Crippen molar-refractivity contribution in [1.82, 2.24) is 0 Å². The van der Waals surface area contributed by atoms with Crippen LogP contribution in [0.5, 0.6) is 11.5 Å². The smallest absolute Gasteiger partial charge is 0.337 e. The maximum Gasteiger partial charge on any atom is 0.337 e. The molecule has 0 aliphatic heterocycles. The Kier molecular flexibility index (Phi) is 6.19. The quantitative estimate of drug-likeness (QED) is 0.791. The van der Waals surface area contributed by atoms with E-state index in [0.717, 1.165) is 0 Å². The lowest BCUT2D eigenvalue weighted by atomic mass is 10.2. The molecule has 0 atom stereocenters. The molecule has 2 rings (SSSR count). The van der Waals surface area contributed by atoms with Crippen LogP contribution in [0.3, 0.4) is 0 Å². The van der Waals surface area contributed by atoms with Gasteiger partial charge >= 0.3 is 5.97 Å². The number of benzene rings is 2. The molecule has 0 aliphatic carbocycles. The topological polar surface area (TPSA) is 73.9 Å². The second kappa shape index (κ2) is 8.57. The molecule has 0 aliphatic rings. The van der Waals surface area contributed by atoms with Crippen molar-refractivity contribution in [3.8, 4) is 11.5 Å². The average molecular weight is 329 g/mol. The van der Waals surface area contributed by atoms with Crippen LogP contribution < -0.4 is 14.8 Å². The molecule has 0 fully saturated rings. The number of methoxy groups -OCH3 is 1. The third kappa shape index (κ3) is 5.01. The van der Waals surface area contributed by atoms with Crippen molar-refractivity contribution in [2.45, 2.75) is 6.92 Å². The van der Waals surface area contributed by atoms with Gasteiger partial charge in [-0.3, -0.25) is 4.79 Å². The molecule has 24 heavy (non-hydrogen) atoms. The van der Waals surface area contributed by atoms with E-state index in [0.29, 0.717) is 29.4 Å². The van der Waals surface area contributed by atoms with Crippen LogP contribution >= 0.6 is 0 Å². The molecule has 126 valence electrons. The first-order valence-electron chi connectivity index (χ1n) is 7.46. The molecule has 0 aromatic heterocycles. The van der Waals surface area contributed by atoms with Crippen molar-refractivity contribution in [2.75, 3.05) is 25.6 Å². The molecule has 2 aromatic rings. The largest absolute Gasteiger partial charge is 0.494 e. The Morgan fingerprint density at radius 3 is 2.42 bits per heavy atom. The summed E-state index contributed by atoms with van der Waals surface area (Å²) in [5.41, 5.74) is 0.857. The van der Waals surface area contributed by atoms with Gasteiger partial charge in [-0.15, -0.1) is 0 Å². The fourth-order valence-corrected chi connectivity index (χ4v) is 2.01. The summed E-state index contributed by atoms with van der Waals surface area (Å²) in [6.07, 6.45) is 0. The summed E-state index contributed by atoms with van der Waals surface area (Å²) >= 11 is 0. The lowest BCUT2D eigenvalue weighted by Crippen LogP contribution is -2.20. The molecule has 6 heteroatoms. The number of amides is 1. The number of nitrogens with one attached hydrogen (secondary N) is 1. The van der Waals surface area contributed by atoms with E-state index in [4.69, 9.17) is 9.47 Å². The van der Waals surface area contributed by atoms with Gasteiger partial charge in [-0.1, -0.05) is 12.1 Å². The van der Waals surface area contributed by atoms with Crippen LogP contribution in [0.2, 0.25) is 0 Å². The van der Waals surface area contributed by atoms with E-state index in [1.54, 1.807) is 42.5 Å². The zero-order valence-corrected chi connectivity index (χ0v) is 13.6. The number of esters is 1. The second-order valence-corrected chi connectivity index (χ2v) is 4.82. The van der Waals surface area contributed by atoms with E-state index in [9.17, 15) is 9.59 Å². The minimum absolute atomic E-state index is 0.155. The van der Waals surface area contributed by atoms with Crippen LogP contribution in [-0.2, 0) is 9.53 Å². The Morgan fingerprint density at radius 2 is 1.71 bits per heavy atom. The van der Waals surface area contributed by atoms with Gasteiger partial charge in [-0.25, -0.2) is 4.79 Å². The summed E-state index contributed by atoms with van der Waals surface area (Å²) < 4.78 is 15.5. The average Bonchev–Trinajstić information content (AvgIpc) is 2.60. The van der Waals surface area contributed by atoms with Crippen molar-refractivity contribution in [3.05, 3.63) is 54.1 Å². The summed E-state index contributed by atoms with van der Waals surface area (Å²) in [6.45, 7) is 2.29. The van der Waals surface area contributed by atoms with Crippen molar-refractivity contribution in [3.63, 3.8) is 0 Å². The van der Waals surface area contributed by atoms with Gasteiger partial charge < -0.3 is 19.5 Å². The monoisotopic (exact) mass is 329 g/mol. The van der Waals surface area contributed by atoms with Crippen LogP contribution in [0.4, 0.5) is 5.69 Å². The maximum atomic E-state index is 12.0. The van der Waals surface area contributed by atoms with Gasteiger partial charge in [0.25, 0.3) is 5.91 Å². The molecule has 0 radical (unpaired) electrons. The first kappa shape index (κ1) is 17.3. The molecule has 6 nitrogen and oxygen atoms in total.